The maximum Gasteiger partial charge on any atom is 0.248 e. The fourth-order valence-corrected chi connectivity index (χ4v) is 0.681. The van der Waals surface area contributed by atoms with Gasteiger partial charge in [0.15, 0.2) is 0 Å². The number of rotatable bonds is 1. The van der Waals surface area contributed by atoms with Crippen molar-refractivity contribution >= 4 is 5.88 Å². The molecule has 0 fully saturated rings. The van der Waals surface area contributed by atoms with Crippen LogP contribution in [-0.4, -0.2) is 10.4 Å². The highest BCUT2D eigenvalue weighted by atomic mass is 16.5. The summed E-state index contributed by atoms with van der Waals surface area (Å²) in [5, 5.41) is 12.2. The van der Waals surface area contributed by atoms with E-state index in [9.17, 15) is 0 Å². The minimum atomic E-state index is -0.0431. The van der Waals surface area contributed by atoms with Gasteiger partial charge in [0.2, 0.25) is 5.88 Å². The third-order valence-corrected chi connectivity index (χ3v) is 1.39. The zero-order valence-corrected chi connectivity index (χ0v) is 6.88. The Balaban J connectivity index is 2.89. The summed E-state index contributed by atoms with van der Waals surface area (Å²) >= 11 is 0. The van der Waals surface area contributed by atoms with E-state index in [-0.39, 0.29) is 11.3 Å². The van der Waals surface area contributed by atoms with Gasteiger partial charge in [-0.15, -0.1) is 0 Å². The number of nitrogens with one attached hydrogen (secondary N) is 1. The van der Waals surface area contributed by atoms with E-state index in [1.54, 1.807) is 6.07 Å². The Morgan fingerprint density at radius 1 is 1.55 bits per heavy atom. The van der Waals surface area contributed by atoms with Crippen LogP contribution in [0.4, 0.5) is 5.88 Å². The molecule has 0 aliphatic rings. The van der Waals surface area contributed by atoms with Crippen molar-refractivity contribution in [1.82, 2.24) is 5.16 Å². The van der Waals surface area contributed by atoms with Crippen LogP contribution >= 0.6 is 0 Å². The second-order valence-corrected chi connectivity index (χ2v) is 3.44. The van der Waals surface area contributed by atoms with Crippen LogP contribution in [0.2, 0.25) is 0 Å². The summed E-state index contributed by atoms with van der Waals surface area (Å²) in [7, 11) is 0. The van der Waals surface area contributed by atoms with Gasteiger partial charge in [0.1, 0.15) is 0 Å². The molecule has 0 saturated heterocycles. The molecule has 0 aromatic carbocycles. The van der Waals surface area contributed by atoms with Gasteiger partial charge < -0.3 is 4.52 Å². The van der Waals surface area contributed by atoms with Crippen molar-refractivity contribution in [3.8, 4) is 0 Å². The zero-order chi connectivity index (χ0) is 8.48. The Kier molecular flexibility index (Phi) is 1.87. The lowest BCUT2D eigenvalue weighted by atomic mass is 9.92. The molecule has 2 N–H and O–H groups in total. The Bertz CT molecular complexity index is 237. The van der Waals surface area contributed by atoms with Gasteiger partial charge in [0.25, 0.3) is 0 Å². The van der Waals surface area contributed by atoms with Gasteiger partial charge in [0, 0.05) is 11.5 Å². The van der Waals surface area contributed by atoms with E-state index >= 15 is 0 Å². The molecule has 62 valence electrons. The number of hydrogen-bond donors (Lipinski definition) is 2. The smallest absolute Gasteiger partial charge is 0.248 e. The number of nitrogens with zero attached hydrogens (tertiary/aromatic N) is 1. The van der Waals surface area contributed by atoms with Crippen LogP contribution in [-0.2, 0) is 5.41 Å². The molecule has 0 saturated carbocycles. The molecule has 0 spiro atoms. The first kappa shape index (κ1) is 8.07. The topological polar surface area (TPSA) is 58.3 Å². The predicted molar refractivity (Wildman–Crippen MR) is 40.6 cm³/mol. The first-order valence-electron chi connectivity index (χ1n) is 3.41. The molecular weight excluding hydrogens is 144 g/mol. The minimum Gasteiger partial charge on any atom is -0.336 e. The van der Waals surface area contributed by atoms with E-state index in [1.807, 2.05) is 26.3 Å². The molecule has 0 aliphatic carbocycles. The lowest BCUT2D eigenvalue weighted by Gasteiger charge is -2.12. The largest absolute Gasteiger partial charge is 0.336 e. The molecule has 1 aromatic rings. The first-order valence-corrected chi connectivity index (χ1v) is 3.41. The molecule has 4 heteroatoms. The monoisotopic (exact) mass is 156 g/mol. The molecule has 1 heterocycles. The molecule has 0 amide bonds. The van der Waals surface area contributed by atoms with Gasteiger partial charge in [0.05, 0.1) is 5.69 Å². The Morgan fingerprint density at radius 2 is 2.18 bits per heavy atom. The second kappa shape index (κ2) is 2.54. The summed E-state index contributed by atoms with van der Waals surface area (Å²) in [6.45, 7) is 6.06. The van der Waals surface area contributed by atoms with E-state index in [2.05, 4.69) is 5.16 Å². The van der Waals surface area contributed by atoms with Crippen molar-refractivity contribution in [3.63, 3.8) is 0 Å². The summed E-state index contributed by atoms with van der Waals surface area (Å²) in [5.41, 5.74) is 2.66. The fraction of sp³-hybridized carbons (Fsp3) is 0.571. The van der Waals surface area contributed by atoms with Gasteiger partial charge in [-0.1, -0.05) is 25.9 Å². The van der Waals surface area contributed by atoms with Crippen LogP contribution in [0.1, 0.15) is 26.5 Å². The molecule has 0 radical (unpaired) electrons. The average Bonchev–Trinajstić information content (AvgIpc) is 2.32. The summed E-state index contributed by atoms with van der Waals surface area (Å²) in [5.74, 6) is 0.273. The van der Waals surface area contributed by atoms with Crippen molar-refractivity contribution < 1.29 is 9.73 Å². The van der Waals surface area contributed by atoms with Crippen molar-refractivity contribution in [2.24, 2.45) is 0 Å². The number of anilines is 1. The van der Waals surface area contributed by atoms with E-state index in [1.165, 1.54) is 0 Å². The summed E-state index contributed by atoms with van der Waals surface area (Å²) < 4.78 is 4.73. The Hall–Kier alpha value is -1.03. The van der Waals surface area contributed by atoms with Gasteiger partial charge in [-0.25, -0.2) is 5.48 Å². The summed E-state index contributed by atoms with van der Waals surface area (Å²) in [6, 6.07) is 1.67. The van der Waals surface area contributed by atoms with Crippen LogP contribution < -0.4 is 5.48 Å². The van der Waals surface area contributed by atoms with Crippen molar-refractivity contribution in [3.05, 3.63) is 11.8 Å². The molecule has 1 rings (SSSR count). The van der Waals surface area contributed by atoms with E-state index in [4.69, 9.17) is 9.73 Å². The first-order chi connectivity index (χ1) is 5.04. The summed E-state index contributed by atoms with van der Waals surface area (Å²) in [4.78, 5) is 0. The zero-order valence-electron chi connectivity index (χ0n) is 6.88. The van der Waals surface area contributed by atoms with Gasteiger partial charge in [-0.3, -0.25) is 5.21 Å². The molecule has 0 bridgehead atoms. The van der Waals surface area contributed by atoms with Crippen LogP contribution in [0, 0.1) is 0 Å². The molecule has 1 aromatic heterocycles. The highest BCUT2D eigenvalue weighted by Gasteiger charge is 2.18. The lowest BCUT2D eigenvalue weighted by molar-refractivity contribution is 0.332. The maximum atomic E-state index is 8.43. The standard InChI is InChI=1S/C7H12N2O2/c1-7(2,3)5-4-6(8-10)11-9-5/h4,8,10H,1-3H3. The normalized spacial score (nSPS) is 11.6. The van der Waals surface area contributed by atoms with Crippen LogP contribution in [0.25, 0.3) is 0 Å². The average molecular weight is 156 g/mol. The van der Waals surface area contributed by atoms with Crippen molar-refractivity contribution in [2.75, 3.05) is 5.48 Å². The molecular formula is C7H12N2O2. The van der Waals surface area contributed by atoms with Gasteiger partial charge in [-0.2, -0.15) is 0 Å². The van der Waals surface area contributed by atoms with Crippen LogP contribution in [0.3, 0.4) is 0 Å². The second-order valence-electron chi connectivity index (χ2n) is 3.44. The molecule has 0 atom stereocenters. The Morgan fingerprint density at radius 3 is 2.45 bits per heavy atom. The predicted octanol–water partition coefficient (Wildman–Crippen LogP) is 1.77. The van der Waals surface area contributed by atoms with Gasteiger partial charge >= 0.3 is 0 Å². The lowest BCUT2D eigenvalue weighted by Crippen LogP contribution is -2.10. The highest BCUT2D eigenvalue weighted by molar-refractivity contribution is 5.30. The van der Waals surface area contributed by atoms with Crippen molar-refractivity contribution in [1.29, 1.82) is 0 Å². The van der Waals surface area contributed by atoms with Gasteiger partial charge in [-0.05, 0) is 0 Å². The van der Waals surface area contributed by atoms with Crippen LogP contribution in [0.5, 0.6) is 0 Å². The molecule has 0 unspecified atom stereocenters. The van der Waals surface area contributed by atoms with Crippen LogP contribution in [0.15, 0.2) is 10.6 Å². The maximum absolute atomic E-state index is 8.43. The fourth-order valence-electron chi connectivity index (χ4n) is 0.681. The summed E-state index contributed by atoms with van der Waals surface area (Å²) in [6.07, 6.45) is 0. The molecule has 4 nitrogen and oxygen atoms in total. The Labute approximate surface area is 65.2 Å². The SMILES string of the molecule is CC(C)(C)c1cc(NO)on1. The molecule has 0 aliphatic heterocycles. The quantitative estimate of drug-likeness (QED) is 0.608. The third-order valence-electron chi connectivity index (χ3n) is 1.39. The van der Waals surface area contributed by atoms with Crippen molar-refractivity contribution in [2.45, 2.75) is 26.2 Å². The third kappa shape index (κ3) is 1.71. The minimum absolute atomic E-state index is 0.0431. The van der Waals surface area contributed by atoms with E-state index in [0.717, 1.165) is 5.69 Å². The number of hydrogen-bond acceptors (Lipinski definition) is 4. The molecule has 11 heavy (non-hydrogen) atoms. The van der Waals surface area contributed by atoms with E-state index in [0.29, 0.717) is 0 Å². The van der Waals surface area contributed by atoms with E-state index < -0.39 is 0 Å². The number of aromatic nitrogens is 1. The highest BCUT2D eigenvalue weighted by Crippen LogP contribution is 2.22.